The van der Waals surface area contributed by atoms with Crippen molar-refractivity contribution in [3.63, 3.8) is 0 Å². The zero-order chi connectivity index (χ0) is 7.56. The van der Waals surface area contributed by atoms with E-state index in [2.05, 4.69) is 12.7 Å². The van der Waals surface area contributed by atoms with Crippen LogP contribution in [0, 0.1) is 5.92 Å². The Morgan fingerprint density at radius 2 is 2.00 bits per heavy atom. The molecule has 2 heteroatoms. The van der Waals surface area contributed by atoms with Crippen LogP contribution in [0.3, 0.4) is 0 Å². The third kappa shape index (κ3) is 2.26. The maximum atomic E-state index is 9.39. The van der Waals surface area contributed by atoms with Gasteiger partial charge in [-0.3, -0.25) is 0 Å². The van der Waals surface area contributed by atoms with Gasteiger partial charge in [0.05, 0.1) is 0 Å². The first-order valence-electron chi connectivity index (χ1n) is 3.93. The third-order valence-corrected chi connectivity index (χ3v) is 4.41. The summed E-state index contributed by atoms with van der Waals surface area (Å²) in [5.41, 5.74) is 0. The molecule has 0 amide bonds. The average Bonchev–Trinajstić information content (AvgIpc) is 1.85. The van der Waals surface area contributed by atoms with Crippen molar-refractivity contribution in [2.45, 2.75) is 42.9 Å². The zero-order valence-corrected chi connectivity index (χ0v) is 8.42. The van der Waals surface area contributed by atoms with Crippen LogP contribution >= 0.6 is 0 Å². The van der Waals surface area contributed by atoms with Crippen LogP contribution in [-0.2, 0) is 0 Å². The molecule has 1 aliphatic carbocycles. The van der Waals surface area contributed by atoms with E-state index >= 15 is 0 Å². The van der Waals surface area contributed by atoms with Gasteiger partial charge >= 0.3 is 68.9 Å². The summed E-state index contributed by atoms with van der Waals surface area (Å²) in [5, 5.41) is 9.39. The van der Waals surface area contributed by atoms with Crippen LogP contribution in [-0.4, -0.2) is 26.2 Å². The molecule has 0 aromatic carbocycles. The second-order valence-electron chi connectivity index (χ2n) is 3.32. The molecule has 1 rings (SSSR count). The Balaban J connectivity index is 2.35. The van der Waals surface area contributed by atoms with E-state index < -0.39 is 0 Å². The molecule has 3 unspecified atom stereocenters. The monoisotopic (exact) mass is 208 g/mol. The van der Waals surface area contributed by atoms with Gasteiger partial charge in [-0.25, -0.2) is 0 Å². The predicted octanol–water partition coefficient (Wildman–Crippen LogP) is 1.71. The first kappa shape index (κ1) is 8.57. The van der Waals surface area contributed by atoms with Crippen molar-refractivity contribution < 1.29 is 5.11 Å². The summed E-state index contributed by atoms with van der Waals surface area (Å²) in [6.45, 7) is 2.25. The van der Waals surface area contributed by atoms with Crippen LogP contribution < -0.4 is 0 Å². The van der Waals surface area contributed by atoms with Gasteiger partial charge in [-0.15, -0.1) is 0 Å². The van der Waals surface area contributed by atoms with Gasteiger partial charge in [-0.1, -0.05) is 0 Å². The van der Waals surface area contributed by atoms with Crippen LogP contribution in [0.25, 0.3) is 0 Å². The molecule has 1 N–H and O–H groups in total. The Bertz CT molecular complexity index is 95.4. The van der Waals surface area contributed by atoms with Gasteiger partial charge in [0.15, 0.2) is 0 Å². The van der Waals surface area contributed by atoms with Crippen molar-refractivity contribution in [1.29, 1.82) is 0 Å². The van der Waals surface area contributed by atoms with E-state index in [1.807, 2.05) is 0 Å². The van der Waals surface area contributed by atoms with Gasteiger partial charge in [0.25, 0.3) is 0 Å². The number of aliphatic hydroxyl groups is 1. The van der Waals surface area contributed by atoms with Gasteiger partial charge < -0.3 is 0 Å². The summed E-state index contributed by atoms with van der Waals surface area (Å²) in [6.07, 6.45) is 3.47. The fourth-order valence-corrected chi connectivity index (χ4v) is 3.66. The number of hydrogen-bond donors (Lipinski definition) is 1. The Labute approximate surface area is 69.4 Å². The van der Waals surface area contributed by atoms with Crippen LogP contribution in [0.4, 0.5) is 0 Å². The van der Waals surface area contributed by atoms with Gasteiger partial charge in [0.2, 0.25) is 0 Å². The van der Waals surface area contributed by atoms with E-state index in [0.717, 1.165) is 38.5 Å². The maximum absolute atomic E-state index is 9.39. The first-order chi connectivity index (χ1) is 4.72. The molecule has 1 saturated carbocycles. The van der Waals surface area contributed by atoms with Gasteiger partial charge in [0, 0.05) is 0 Å². The molecular weight excluding hydrogens is 191 g/mol. The molecule has 0 aromatic heterocycles. The molecule has 1 aliphatic rings. The summed E-state index contributed by atoms with van der Waals surface area (Å²) in [7, 11) is 0. The van der Waals surface area contributed by atoms with Crippen LogP contribution in [0.15, 0.2) is 0 Å². The van der Waals surface area contributed by atoms with E-state index in [4.69, 9.17) is 0 Å². The second-order valence-corrected chi connectivity index (χ2v) is 5.71. The first-order valence-corrected chi connectivity index (χ1v) is 6.63. The van der Waals surface area contributed by atoms with Gasteiger partial charge in [-0.05, 0) is 0 Å². The van der Waals surface area contributed by atoms with Crippen molar-refractivity contribution >= 4 is 15.0 Å². The van der Waals surface area contributed by atoms with Crippen molar-refractivity contribution in [3.05, 3.63) is 0 Å². The van der Waals surface area contributed by atoms with Gasteiger partial charge in [0.1, 0.15) is 0 Å². The molecule has 0 aliphatic heterocycles. The number of hydrogen-bond acceptors (Lipinski definition) is 1. The Morgan fingerprint density at radius 3 is 2.50 bits per heavy atom. The average molecular weight is 207 g/mol. The normalized spacial score (nSPS) is 41.7. The predicted molar refractivity (Wildman–Crippen MR) is 44.4 cm³/mol. The molecular formula is C8H16OSe. The summed E-state index contributed by atoms with van der Waals surface area (Å²) in [4.78, 5) is 0.853. The molecule has 0 spiro atoms. The molecule has 1 fully saturated rings. The SMILES string of the molecule is C[Se]C1CC(C)CC(O)C1. The molecule has 1 nitrogen and oxygen atoms in total. The van der Waals surface area contributed by atoms with Crippen molar-refractivity contribution in [3.8, 4) is 0 Å². The minimum absolute atomic E-state index is 0.00979. The molecule has 0 heterocycles. The Morgan fingerprint density at radius 1 is 1.30 bits per heavy atom. The Kier molecular flexibility index (Phi) is 3.22. The fourth-order valence-electron chi connectivity index (χ4n) is 1.70. The number of aliphatic hydroxyl groups excluding tert-OH is 1. The van der Waals surface area contributed by atoms with Crippen LogP contribution in [0.2, 0.25) is 10.6 Å². The third-order valence-electron chi connectivity index (χ3n) is 2.21. The molecule has 0 aromatic rings. The van der Waals surface area contributed by atoms with Gasteiger partial charge in [-0.2, -0.15) is 0 Å². The van der Waals surface area contributed by atoms with Crippen molar-refractivity contribution in [2.24, 2.45) is 5.92 Å². The van der Waals surface area contributed by atoms with E-state index in [0.29, 0.717) is 0 Å². The zero-order valence-electron chi connectivity index (χ0n) is 6.71. The van der Waals surface area contributed by atoms with E-state index in [9.17, 15) is 5.11 Å². The molecule has 0 saturated heterocycles. The quantitative estimate of drug-likeness (QED) is 0.649. The summed E-state index contributed by atoms with van der Waals surface area (Å²) in [5.74, 6) is 3.04. The molecule has 0 bridgehead atoms. The van der Waals surface area contributed by atoms with E-state index in [1.54, 1.807) is 0 Å². The summed E-state index contributed by atoms with van der Waals surface area (Å²) in [6, 6.07) is 0. The van der Waals surface area contributed by atoms with Crippen molar-refractivity contribution in [2.75, 3.05) is 0 Å². The molecule has 0 radical (unpaired) electrons. The summed E-state index contributed by atoms with van der Waals surface area (Å²) >= 11 is 0.746. The fraction of sp³-hybridized carbons (Fsp3) is 1.00. The number of rotatable bonds is 1. The Hall–Kier alpha value is 0.479. The van der Waals surface area contributed by atoms with E-state index in [1.165, 1.54) is 6.42 Å². The second kappa shape index (κ2) is 3.75. The van der Waals surface area contributed by atoms with Crippen LogP contribution in [0.5, 0.6) is 0 Å². The van der Waals surface area contributed by atoms with Crippen LogP contribution in [0.1, 0.15) is 26.2 Å². The van der Waals surface area contributed by atoms with E-state index in [-0.39, 0.29) is 6.10 Å². The molecule has 3 atom stereocenters. The van der Waals surface area contributed by atoms with Crippen molar-refractivity contribution in [1.82, 2.24) is 0 Å². The summed E-state index contributed by atoms with van der Waals surface area (Å²) < 4.78 is 0. The molecule has 10 heavy (non-hydrogen) atoms. The molecule has 60 valence electrons. The minimum atomic E-state index is 0.00979. The standard InChI is InChI=1S/C8H16OSe/c1-6-3-7(9)5-8(4-6)10-2/h6-9H,3-5H2,1-2H3. The topological polar surface area (TPSA) is 20.2 Å².